The third kappa shape index (κ3) is 3.49. The van der Waals surface area contributed by atoms with Gasteiger partial charge in [-0.25, -0.2) is 9.97 Å². The molecule has 2 fully saturated rings. The van der Waals surface area contributed by atoms with E-state index >= 15 is 0 Å². The highest BCUT2D eigenvalue weighted by Crippen LogP contribution is 2.25. The van der Waals surface area contributed by atoms with Crippen LogP contribution in [0.2, 0.25) is 5.02 Å². The maximum Gasteiger partial charge on any atom is 0.227 e. The number of aryl methyl sites for hydroxylation is 1. The summed E-state index contributed by atoms with van der Waals surface area (Å²) in [5.74, 6) is 2.77. The predicted molar refractivity (Wildman–Crippen MR) is 102 cm³/mol. The van der Waals surface area contributed by atoms with Gasteiger partial charge in [0.2, 0.25) is 5.95 Å². The molecule has 0 N–H and O–H groups in total. The Hall–Kier alpha value is -2.08. The monoisotopic (exact) mass is 358 g/mol. The molecule has 0 radical (unpaired) electrons. The Morgan fingerprint density at radius 1 is 0.920 bits per heavy atom. The van der Waals surface area contributed by atoms with E-state index in [0.717, 1.165) is 62.5 Å². The second-order valence-corrected chi connectivity index (χ2v) is 7.05. The van der Waals surface area contributed by atoms with E-state index in [1.807, 2.05) is 12.1 Å². The van der Waals surface area contributed by atoms with Crippen LogP contribution in [0.4, 0.5) is 17.6 Å². The molecule has 132 valence electrons. The van der Waals surface area contributed by atoms with Gasteiger partial charge in [0.05, 0.1) is 5.02 Å². The minimum Gasteiger partial charge on any atom is -0.356 e. The van der Waals surface area contributed by atoms with Gasteiger partial charge in [-0.3, -0.25) is 0 Å². The summed E-state index contributed by atoms with van der Waals surface area (Å²) in [6, 6.07) is 5.85. The van der Waals surface area contributed by atoms with Crippen LogP contribution >= 0.6 is 11.6 Å². The third-order valence-electron chi connectivity index (χ3n) is 4.86. The fraction of sp³-hybridized carbons (Fsp3) is 0.500. The van der Waals surface area contributed by atoms with Crippen molar-refractivity contribution in [3.63, 3.8) is 0 Å². The van der Waals surface area contributed by atoms with E-state index < -0.39 is 0 Å². The molecule has 0 saturated carbocycles. The van der Waals surface area contributed by atoms with Gasteiger partial charge in [0.1, 0.15) is 11.6 Å². The van der Waals surface area contributed by atoms with Crippen molar-refractivity contribution in [1.29, 1.82) is 0 Å². The molecule has 0 bridgehead atoms. The lowest BCUT2D eigenvalue weighted by Gasteiger charge is -2.36. The van der Waals surface area contributed by atoms with E-state index in [1.54, 1.807) is 6.20 Å². The van der Waals surface area contributed by atoms with Crippen molar-refractivity contribution in [3.8, 4) is 0 Å². The number of halogens is 1. The molecule has 4 rings (SSSR count). The van der Waals surface area contributed by atoms with Crippen LogP contribution in [-0.4, -0.2) is 54.2 Å². The van der Waals surface area contributed by atoms with E-state index in [9.17, 15) is 0 Å². The molecule has 25 heavy (non-hydrogen) atoms. The minimum absolute atomic E-state index is 0.707. The van der Waals surface area contributed by atoms with Crippen LogP contribution in [0.15, 0.2) is 24.4 Å². The van der Waals surface area contributed by atoms with Crippen molar-refractivity contribution in [2.45, 2.75) is 19.8 Å². The summed E-state index contributed by atoms with van der Waals surface area (Å²) in [5, 5.41) is 0.707. The van der Waals surface area contributed by atoms with Crippen molar-refractivity contribution in [3.05, 3.63) is 35.1 Å². The summed E-state index contributed by atoms with van der Waals surface area (Å²) in [6.07, 6.45) is 4.30. The summed E-state index contributed by atoms with van der Waals surface area (Å²) in [7, 11) is 0. The average molecular weight is 359 g/mol. The van der Waals surface area contributed by atoms with Crippen molar-refractivity contribution >= 4 is 29.2 Å². The zero-order valence-electron chi connectivity index (χ0n) is 14.5. The average Bonchev–Trinajstić information content (AvgIpc) is 3.17. The summed E-state index contributed by atoms with van der Waals surface area (Å²) >= 11 is 6.28. The summed E-state index contributed by atoms with van der Waals surface area (Å²) < 4.78 is 0. The van der Waals surface area contributed by atoms with E-state index in [0.29, 0.717) is 5.02 Å². The Bertz CT molecular complexity index is 738. The van der Waals surface area contributed by atoms with Crippen LogP contribution in [0.5, 0.6) is 0 Å². The first-order chi connectivity index (χ1) is 12.2. The topological polar surface area (TPSA) is 48.4 Å². The quantitative estimate of drug-likeness (QED) is 0.840. The second kappa shape index (κ2) is 7.04. The Balaban J connectivity index is 1.48. The van der Waals surface area contributed by atoms with Crippen molar-refractivity contribution in [2.24, 2.45) is 0 Å². The fourth-order valence-electron chi connectivity index (χ4n) is 3.51. The molecule has 0 atom stereocenters. The smallest absolute Gasteiger partial charge is 0.227 e. The first-order valence-electron chi connectivity index (χ1n) is 8.92. The van der Waals surface area contributed by atoms with Crippen LogP contribution in [0, 0.1) is 6.92 Å². The van der Waals surface area contributed by atoms with Crippen molar-refractivity contribution in [2.75, 3.05) is 54.0 Å². The van der Waals surface area contributed by atoms with Gasteiger partial charge in [0.15, 0.2) is 0 Å². The molecular weight excluding hydrogens is 336 g/mol. The number of piperazine rings is 1. The van der Waals surface area contributed by atoms with Gasteiger partial charge in [-0.05, 0) is 31.9 Å². The molecule has 4 heterocycles. The predicted octanol–water partition coefficient (Wildman–Crippen LogP) is 2.76. The Morgan fingerprint density at radius 2 is 1.64 bits per heavy atom. The highest BCUT2D eigenvalue weighted by Gasteiger charge is 2.23. The van der Waals surface area contributed by atoms with Gasteiger partial charge in [0, 0.05) is 57.2 Å². The van der Waals surface area contributed by atoms with Crippen molar-refractivity contribution < 1.29 is 0 Å². The Labute approximate surface area is 153 Å². The van der Waals surface area contributed by atoms with Crippen LogP contribution < -0.4 is 14.7 Å². The lowest BCUT2D eigenvalue weighted by Crippen LogP contribution is -2.47. The molecule has 0 aliphatic carbocycles. The number of pyridine rings is 1. The Kier molecular flexibility index (Phi) is 4.61. The summed E-state index contributed by atoms with van der Waals surface area (Å²) in [5.41, 5.74) is 1.03. The molecule has 0 aromatic carbocycles. The summed E-state index contributed by atoms with van der Waals surface area (Å²) in [4.78, 5) is 20.8. The van der Waals surface area contributed by atoms with Crippen LogP contribution in [0.3, 0.4) is 0 Å². The van der Waals surface area contributed by atoms with E-state index in [1.165, 1.54) is 12.8 Å². The van der Waals surface area contributed by atoms with E-state index in [4.69, 9.17) is 16.6 Å². The number of nitrogens with zero attached hydrogens (tertiary/aromatic N) is 6. The van der Waals surface area contributed by atoms with Crippen LogP contribution in [-0.2, 0) is 0 Å². The molecule has 0 amide bonds. The summed E-state index contributed by atoms with van der Waals surface area (Å²) in [6.45, 7) is 7.73. The first kappa shape index (κ1) is 16.4. The van der Waals surface area contributed by atoms with Crippen LogP contribution in [0.25, 0.3) is 0 Å². The van der Waals surface area contributed by atoms with Gasteiger partial charge < -0.3 is 14.7 Å². The molecular formula is C18H23ClN6. The molecule has 7 heteroatoms. The minimum atomic E-state index is 0.707. The van der Waals surface area contributed by atoms with Crippen LogP contribution in [0.1, 0.15) is 18.5 Å². The molecule has 2 aliphatic heterocycles. The van der Waals surface area contributed by atoms with E-state index in [-0.39, 0.29) is 0 Å². The molecule has 2 saturated heterocycles. The number of hydrogen-bond donors (Lipinski definition) is 0. The molecule has 2 aromatic rings. The van der Waals surface area contributed by atoms with Gasteiger partial charge in [0.25, 0.3) is 0 Å². The third-order valence-corrected chi connectivity index (χ3v) is 5.16. The van der Waals surface area contributed by atoms with Gasteiger partial charge in [-0.1, -0.05) is 11.6 Å². The highest BCUT2D eigenvalue weighted by molar-refractivity contribution is 6.32. The molecule has 0 spiro atoms. The lowest BCUT2D eigenvalue weighted by molar-refractivity contribution is 0.633. The zero-order chi connectivity index (χ0) is 17.2. The largest absolute Gasteiger partial charge is 0.356 e. The second-order valence-electron chi connectivity index (χ2n) is 6.64. The fourth-order valence-corrected chi connectivity index (χ4v) is 3.76. The Morgan fingerprint density at radius 3 is 2.36 bits per heavy atom. The number of aromatic nitrogens is 3. The van der Waals surface area contributed by atoms with Gasteiger partial charge in [-0.2, -0.15) is 4.98 Å². The number of anilines is 3. The highest BCUT2D eigenvalue weighted by atomic mass is 35.5. The molecule has 0 unspecified atom stereocenters. The first-order valence-corrected chi connectivity index (χ1v) is 9.29. The molecule has 2 aliphatic rings. The standard InChI is InChI=1S/C18H23ClN6/c1-14-13-16(23-7-2-3-8-23)22-18(21-14)25-11-9-24(10-12-25)17-15(19)5-4-6-20-17/h4-6,13H,2-3,7-12H2,1H3. The van der Waals surface area contributed by atoms with Crippen molar-refractivity contribution in [1.82, 2.24) is 15.0 Å². The number of rotatable bonds is 3. The zero-order valence-corrected chi connectivity index (χ0v) is 15.3. The normalized spacial score (nSPS) is 18.1. The maximum atomic E-state index is 6.28. The molecule has 2 aromatic heterocycles. The SMILES string of the molecule is Cc1cc(N2CCCC2)nc(N2CCN(c3ncccc3Cl)CC2)n1. The van der Waals surface area contributed by atoms with Gasteiger partial charge >= 0.3 is 0 Å². The maximum absolute atomic E-state index is 6.28. The molecule has 6 nitrogen and oxygen atoms in total. The number of hydrogen-bond acceptors (Lipinski definition) is 6. The van der Waals surface area contributed by atoms with E-state index in [2.05, 4.69) is 37.7 Å². The lowest BCUT2D eigenvalue weighted by atomic mass is 10.3. The van der Waals surface area contributed by atoms with Gasteiger partial charge in [-0.15, -0.1) is 0 Å².